The van der Waals surface area contributed by atoms with Gasteiger partial charge in [0.1, 0.15) is 5.82 Å². The van der Waals surface area contributed by atoms with Gasteiger partial charge < -0.3 is 15.2 Å². The Morgan fingerprint density at radius 1 is 1.09 bits per heavy atom. The number of nitrogens with one attached hydrogen (secondary N) is 2. The number of anilines is 1. The molecule has 34 heavy (non-hydrogen) atoms. The standard InChI is InChI=1S/C28H28FN3O2/c1-4-32-13-7-8-17-14-18(11-12-25(17)32)28(2,3)31-27(34)20-16-24-21(15-22(20)29)26(33)19-9-5-6-10-23(19)30-24/h5-6,9-12,14-16H,4,7-8,13H2,1-3H3,(H,30,33)(H,31,34). The minimum Gasteiger partial charge on any atom is -0.372 e. The molecule has 1 aliphatic heterocycles. The molecule has 5 nitrogen and oxygen atoms in total. The molecule has 2 N–H and O–H groups in total. The Hall–Kier alpha value is -3.67. The molecule has 0 fully saturated rings. The zero-order valence-corrected chi connectivity index (χ0v) is 19.7. The van der Waals surface area contributed by atoms with Gasteiger partial charge in [-0.05, 0) is 75.1 Å². The number of carbonyl (C=O) groups is 1. The Bertz CT molecular complexity index is 1490. The van der Waals surface area contributed by atoms with E-state index in [1.807, 2.05) is 26.0 Å². The van der Waals surface area contributed by atoms with Crippen molar-refractivity contribution < 1.29 is 9.18 Å². The molecule has 3 aromatic carbocycles. The van der Waals surface area contributed by atoms with Gasteiger partial charge in [-0.15, -0.1) is 0 Å². The fourth-order valence-electron chi connectivity index (χ4n) is 4.93. The number of halogens is 1. The molecule has 6 heteroatoms. The first kappa shape index (κ1) is 22.1. The van der Waals surface area contributed by atoms with E-state index >= 15 is 4.39 Å². The summed E-state index contributed by atoms with van der Waals surface area (Å²) in [6.07, 6.45) is 2.11. The van der Waals surface area contributed by atoms with E-state index in [4.69, 9.17) is 0 Å². The van der Waals surface area contributed by atoms with Crippen LogP contribution in [0.2, 0.25) is 0 Å². The molecular formula is C28H28FN3O2. The summed E-state index contributed by atoms with van der Waals surface area (Å²) in [4.78, 5) is 31.5. The minimum atomic E-state index is -0.717. The lowest BCUT2D eigenvalue weighted by molar-refractivity contribution is 0.0908. The number of fused-ring (bicyclic) bond motifs is 3. The van der Waals surface area contributed by atoms with E-state index in [1.54, 1.807) is 18.2 Å². The number of pyridine rings is 1. The van der Waals surface area contributed by atoms with Crippen molar-refractivity contribution in [2.24, 2.45) is 0 Å². The molecule has 0 saturated heterocycles. The Morgan fingerprint density at radius 2 is 1.88 bits per heavy atom. The molecule has 0 spiro atoms. The van der Waals surface area contributed by atoms with Crippen molar-refractivity contribution in [2.75, 3.05) is 18.0 Å². The first-order valence-electron chi connectivity index (χ1n) is 11.7. The van der Waals surface area contributed by atoms with E-state index in [1.165, 1.54) is 17.3 Å². The van der Waals surface area contributed by atoms with Crippen LogP contribution in [-0.4, -0.2) is 24.0 Å². The summed E-state index contributed by atoms with van der Waals surface area (Å²) in [6, 6.07) is 16.0. The highest BCUT2D eigenvalue weighted by Crippen LogP contribution is 2.32. The van der Waals surface area contributed by atoms with E-state index in [9.17, 15) is 9.59 Å². The predicted octanol–water partition coefficient (Wildman–Crippen LogP) is 5.26. The third-order valence-corrected chi connectivity index (χ3v) is 6.86. The number of amides is 1. The molecule has 0 aliphatic carbocycles. The smallest absolute Gasteiger partial charge is 0.255 e. The SMILES string of the molecule is CCN1CCCc2cc(C(C)(C)NC(=O)c3cc4[nH]c5ccccc5c(=O)c4cc3F)ccc21. The van der Waals surface area contributed by atoms with E-state index < -0.39 is 17.3 Å². The lowest BCUT2D eigenvalue weighted by Crippen LogP contribution is -2.41. The van der Waals surface area contributed by atoms with Crippen LogP contribution in [0.4, 0.5) is 10.1 Å². The van der Waals surface area contributed by atoms with Gasteiger partial charge in [-0.2, -0.15) is 0 Å². The number of rotatable bonds is 4. The maximum atomic E-state index is 15.0. The second-order valence-electron chi connectivity index (χ2n) is 9.48. The highest BCUT2D eigenvalue weighted by molar-refractivity contribution is 6.00. The topological polar surface area (TPSA) is 65.2 Å². The first-order valence-corrected chi connectivity index (χ1v) is 11.7. The van der Waals surface area contributed by atoms with Gasteiger partial charge in [0, 0.05) is 35.1 Å². The highest BCUT2D eigenvalue weighted by atomic mass is 19.1. The zero-order chi connectivity index (χ0) is 24.0. The number of hydrogen-bond donors (Lipinski definition) is 2. The molecule has 0 bridgehead atoms. The summed E-state index contributed by atoms with van der Waals surface area (Å²) in [5.74, 6) is -1.24. The van der Waals surface area contributed by atoms with E-state index in [0.29, 0.717) is 16.4 Å². The minimum absolute atomic E-state index is 0.0957. The molecule has 174 valence electrons. The summed E-state index contributed by atoms with van der Waals surface area (Å²) >= 11 is 0. The number of nitrogens with zero attached hydrogens (tertiary/aromatic N) is 1. The van der Waals surface area contributed by atoms with Crippen LogP contribution < -0.4 is 15.6 Å². The highest BCUT2D eigenvalue weighted by Gasteiger charge is 2.27. The molecule has 0 saturated carbocycles. The fourth-order valence-corrected chi connectivity index (χ4v) is 4.93. The van der Waals surface area contributed by atoms with Gasteiger partial charge in [0.15, 0.2) is 5.43 Å². The summed E-state index contributed by atoms with van der Waals surface area (Å²) < 4.78 is 15.0. The maximum absolute atomic E-state index is 15.0. The number of aromatic nitrogens is 1. The molecule has 5 rings (SSSR count). The van der Waals surface area contributed by atoms with Crippen molar-refractivity contribution >= 4 is 33.4 Å². The predicted molar refractivity (Wildman–Crippen MR) is 135 cm³/mol. The summed E-state index contributed by atoms with van der Waals surface area (Å²) in [5.41, 5.74) is 3.50. The number of carbonyl (C=O) groups excluding carboxylic acids is 1. The van der Waals surface area contributed by atoms with E-state index in [0.717, 1.165) is 37.6 Å². The number of H-pyrrole nitrogens is 1. The number of hydrogen-bond acceptors (Lipinski definition) is 3. The summed E-state index contributed by atoms with van der Waals surface area (Å²) in [5, 5.41) is 3.71. The van der Waals surface area contributed by atoms with Crippen molar-refractivity contribution in [3.63, 3.8) is 0 Å². The Labute approximate surface area is 197 Å². The van der Waals surface area contributed by atoms with Crippen LogP contribution >= 0.6 is 0 Å². The average molecular weight is 458 g/mol. The first-order chi connectivity index (χ1) is 16.3. The van der Waals surface area contributed by atoms with Crippen molar-refractivity contribution in [3.8, 4) is 0 Å². The molecule has 1 aromatic heterocycles. The third kappa shape index (κ3) is 3.73. The monoisotopic (exact) mass is 457 g/mol. The maximum Gasteiger partial charge on any atom is 0.255 e. The van der Waals surface area contributed by atoms with Gasteiger partial charge in [-0.1, -0.05) is 24.3 Å². The van der Waals surface area contributed by atoms with Crippen LogP contribution in [0.15, 0.2) is 59.4 Å². The van der Waals surface area contributed by atoms with Gasteiger partial charge in [0.25, 0.3) is 5.91 Å². The molecule has 1 aliphatic rings. The molecule has 2 heterocycles. The zero-order valence-electron chi connectivity index (χ0n) is 19.7. The van der Waals surface area contributed by atoms with Crippen molar-refractivity contribution in [1.29, 1.82) is 0 Å². The fraction of sp³-hybridized carbons (Fsp3) is 0.286. The second-order valence-corrected chi connectivity index (χ2v) is 9.48. The van der Waals surface area contributed by atoms with E-state index in [2.05, 4.69) is 34.3 Å². The summed E-state index contributed by atoms with van der Waals surface area (Å²) in [7, 11) is 0. The molecule has 4 aromatic rings. The molecule has 1 amide bonds. The van der Waals surface area contributed by atoms with Crippen LogP contribution in [0, 0.1) is 5.82 Å². The van der Waals surface area contributed by atoms with Gasteiger partial charge in [-0.3, -0.25) is 9.59 Å². The van der Waals surface area contributed by atoms with E-state index in [-0.39, 0.29) is 16.4 Å². The lowest BCUT2D eigenvalue weighted by atomic mass is 9.89. The van der Waals surface area contributed by atoms with Crippen molar-refractivity contribution in [2.45, 2.75) is 39.2 Å². The van der Waals surface area contributed by atoms with Crippen LogP contribution in [0.3, 0.4) is 0 Å². The Balaban J connectivity index is 1.49. The molecular weight excluding hydrogens is 429 g/mol. The van der Waals surface area contributed by atoms with Gasteiger partial charge in [-0.25, -0.2) is 4.39 Å². The average Bonchev–Trinajstić information content (AvgIpc) is 2.83. The Morgan fingerprint density at radius 3 is 2.68 bits per heavy atom. The van der Waals surface area contributed by atoms with Gasteiger partial charge >= 0.3 is 0 Å². The molecule has 0 atom stereocenters. The van der Waals surface area contributed by atoms with Crippen LogP contribution in [0.5, 0.6) is 0 Å². The quantitative estimate of drug-likeness (QED) is 0.411. The van der Waals surface area contributed by atoms with Gasteiger partial charge in [0.05, 0.1) is 16.6 Å². The summed E-state index contributed by atoms with van der Waals surface area (Å²) in [6.45, 7) is 8.01. The Kier molecular flexibility index (Phi) is 5.39. The van der Waals surface area contributed by atoms with Gasteiger partial charge in [0.2, 0.25) is 0 Å². The number of aromatic amines is 1. The number of para-hydroxylation sites is 1. The number of benzene rings is 3. The third-order valence-electron chi connectivity index (χ3n) is 6.86. The van der Waals surface area contributed by atoms with Crippen molar-refractivity contribution in [3.05, 3.63) is 87.3 Å². The number of aryl methyl sites for hydroxylation is 1. The van der Waals surface area contributed by atoms with Crippen LogP contribution in [0.25, 0.3) is 21.8 Å². The largest absolute Gasteiger partial charge is 0.372 e. The van der Waals surface area contributed by atoms with Crippen LogP contribution in [-0.2, 0) is 12.0 Å². The normalized spacial score (nSPS) is 13.8. The molecule has 0 unspecified atom stereocenters. The second kappa shape index (κ2) is 8.28. The molecule has 0 radical (unpaired) electrons. The van der Waals surface area contributed by atoms with Crippen molar-refractivity contribution in [1.82, 2.24) is 10.3 Å². The lowest BCUT2D eigenvalue weighted by Gasteiger charge is -2.33. The van der Waals surface area contributed by atoms with Crippen LogP contribution in [0.1, 0.15) is 48.7 Å².